The molecule has 0 spiro atoms. The van der Waals surface area contributed by atoms with Crippen molar-refractivity contribution < 1.29 is 23.5 Å². The summed E-state index contributed by atoms with van der Waals surface area (Å²) in [6.07, 6.45) is 5.10. The summed E-state index contributed by atoms with van der Waals surface area (Å²) in [5.41, 5.74) is 1.93. The number of rotatable bonds is 12. The Morgan fingerprint density at radius 1 is 1.21 bits per heavy atom. The Morgan fingerprint density at radius 3 is 2.39 bits per heavy atom. The van der Waals surface area contributed by atoms with Crippen molar-refractivity contribution in [2.45, 2.75) is 115 Å². The molecule has 1 aliphatic rings. The van der Waals surface area contributed by atoms with E-state index in [1.807, 2.05) is 0 Å². The summed E-state index contributed by atoms with van der Waals surface area (Å²) in [6.45, 7) is 27.2. The van der Waals surface area contributed by atoms with Crippen molar-refractivity contribution in [3.8, 4) is 0 Å². The van der Waals surface area contributed by atoms with Crippen LogP contribution in [-0.4, -0.2) is 81.4 Å². The number of nitrogens with one attached hydrogen (secondary N) is 1. The quantitative estimate of drug-likeness (QED) is 0.177. The fraction of sp³-hybridized carbons (Fsp3) is 0.786. The van der Waals surface area contributed by atoms with E-state index >= 15 is 0 Å². The minimum Gasteiger partial charge on any atom is -0.445 e. The molecule has 1 amide bonds. The molecule has 218 valence electrons. The molecular formula is C28H53N3O5Si2. The molecule has 0 bridgehead atoms. The number of likely N-dealkylation sites (tertiary alicyclic amines) is 1. The van der Waals surface area contributed by atoms with Gasteiger partial charge in [-0.2, -0.15) is 5.10 Å². The third-order valence-electron chi connectivity index (χ3n) is 8.78. The second kappa shape index (κ2) is 12.8. The molecule has 0 aromatic carbocycles. The van der Waals surface area contributed by atoms with Crippen molar-refractivity contribution >= 4 is 22.7 Å². The Bertz CT molecular complexity index is 920. The van der Waals surface area contributed by atoms with E-state index in [0.29, 0.717) is 19.6 Å². The lowest BCUT2D eigenvalue weighted by Crippen LogP contribution is -2.45. The molecule has 1 aliphatic heterocycles. The van der Waals surface area contributed by atoms with E-state index < -0.39 is 22.7 Å². The second-order valence-corrected chi connectivity index (χ2v) is 23.2. The van der Waals surface area contributed by atoms with Gasteiger partial charge in [0.2, 0.25) is 0 Å². The number of nitrogens with zero attached hydrogens (tertiary/aromatic N) is 2. The lowest BCUT2D eigenvalue weighted by Gasteiger charge is -2.38. The molecule has 10 heteroatoms. The average Bonchev–Trinajstić information content (AvgIpc) is 3.41. The van der Waals surface area contributed by atoms with E-state index in [1.165, 1.54) is 0 Å². The van der Waals surface area contributed by atoms with Gasteiger partial charge in [0.25, 0.3) is 0 Å². The Morgan fingerprint density at radius 2 is 1.84 bits per heavy atom. The monoisotopic (exact) mass is 567 g/mol. The van der Waals surface area contributed by atoms with Crippen LogP contribution < -0.4 is 0 Å². The smallest absolute Gasteiger partial charge is 0.410 e. The molecule has 2 heterocycles. The Hall–Kier alpha value is -1.47. The molecule has 0 radical (unpaired) electrons. The van der Waals surface area contributed by atoms with E-state index in [2.05, 4.69) is 84.5 Å². The topological polar surface area (TPSA) is 96.9 Å². The largest absolute Gasteiger partial charge is 0.445 e. The number of carbonyl (C=O) groups excluding carboxylic acids is 1. The van der Waals surface area contributed by atoms with Crippen LogP contribution in [0.3, 0.4) is 0 Å². The van der Waals surface area contributed by atoms with E-state index in [4.69, 9.17) is 13.6 Å². The Balaban J connectivity index is 2.21. The molecule has 1 fully saturated rings. The molecule has 1 aromatic heterocycles. The molecule has 0 aliphatic carbocycles. The molecule has 3 atom stereocenters. The minimum atomic E-state index is -2.05. The molecule has 1 aromatic rings. The molecule has 8 nitrogen and oxygen atoms in total. The summed E-state index contributed by atoms with van der Waals surface area (Å²) in [5.74, 6) is -0.297. The second-order valence-electron chi connectivity index (χ2n) is 13.6. The molecule has 2 N–H and O–H groups in total. The fourth-order valence-corrected chi connectivity index (χ4v) is 6.82. The van der Waals surface area contributed by atoms with Gasteiger partial charge < -0.3 is 23.6 Å². The number of amides is 1. The van der Waals surface area contributed by atoms with Crippen LogP contribution in [0.1, 0.15) is 71.6 Å². The highest BCUT2D eigenvalue weighted by Crippen LogP contribution is 2.41. The van der Waals surface area contributed by atoms with Crippen molar-refractivity contribution in [1.82, 2.24) is 15.1 Å². The Labute approximate surface area is 232 Å². The first-order chi connectivity index (χ1) is 17.4. The van der Waals surface area contributed by atoms with Gasteiger partial charge in [-0.15, -0.1) is 0 Å². The molecule has 2 rings (SSSR count). The van der Waals surface area contributed by atoms with Crippen LogP contribution in [0.5, 0.6) is 0 Å². The third-order valence-corrected chi connectivity index (χ3v) is 17.9. The van der Waals surface area contributed by atoms with E-state index in [1.54, 1.807) is 17.2 Å². The standard InChI is InChI=1S/C28H53N3O5Si2/c1-12-15-34-26(33)31-19-21(36-38(10,11)28(5,6)7)17-25(31)23(20-32)22-18-29-30-24(22)14-13-16-35-37(8,9)27(2,3)4/h12,18,21,23,25,32H,1,13-17,19-20H2,2-11H3,(H,29,30)/t21-,23?,25+/m1/s1. The van der Waals surface area contributed by atoms with Gasteiger partial charge in [0.15, 0.2) is 16.6 Å². The van der Waals surface area contributed by atoms with E-state index in [-0.39, 0.29) is 41.4 Å². The minimum absolute atomic E-state index is 0.0554. The molecule has 38 heavy (non-hydrogen) atoms. The van der Waals surface area contributed by atoms with Gasteiger partial charge in [0.1, 0.15) is 6.61 Å². The maximum Gasteiger partial charge on any atom is 0.410 e. The third kappa shape index (κ3) is 8.03. The number of aromatic amines is 1. The van der Waals surface area contributed by atoms with Gasteiger partial charge in [-0.1, -0.05) is 54.2 Å². The van der Waals surface area contributed by atoms with Crippen LogP contribution in [0.4, 0.5) is 4.79 Å². The predicted molar refractivity (Wildman–Crippen MR) is 159 cm³/mol. The van der Waals surface area contributed by atoms with Crippen LogP contribution in [0.15, 0.2) is 18.9 Å². The van der Waals surface area contributed by atoms with Gasteiger partial charge in [0.05, 0.1) is 18.9 Å². The first-order valence-corrected chi connectivity index (χ1v) is 19.8. The van der Waals surface area contributed by atoms with Crippen LogP contribution >= 0.6 is 0 Å². The van der Waals surface area contributed by atoms with Crippen LogP contribution in [0, 0.1) is 0 Å². The van der Waals surface area contributed by atoms with Crippen molar-refractivity contribution in [3.63, 3.8) is 0 Å². The lowest BCUT2D eigenvalue weighted by atomic mass is 9.89. The number of hydrogen-bond acceptors (Lipinski definition) is 6. The summed E-state index contributed by atoms with van der Waals surface area (Å²) in [6, 6.07) is -0.257. The predicted octanol–water partition coefficient (Wildman–Crippen LogP) is 6.23. The lowest BCUT2D eigenvalue weighted by molar-refractivity contribution is 0.0932. The summed E-state index contributed by atoms with van der Waals surface area (Å²) >= 11 is 0. The zero-order valence-electron chi connectivity index (χ0n) is 25.5. The highest BCUT2D eigenvalue weighted by atomic mass is 28.4. The molecule has 0 saturated carbocycles. The molecule has 1 saturated heterocycles. The number of aliphatic hydroxyl groups excluding tert-OH is 1. The zero-order valence-corrected chi connectivity index (χ0v) is 27.5. The Kier molecular flexibility index (Phi) is 11.0. The molecular weight excluding hydrogens is 514 g/mol. The summed E-state index contributed by atoms with van der Waals surface area (Å²) < 4.78 is 18.5. The summed E-state index contributed by atoms with van der Waals surface area (Å²) in [4.78, 5) is 14.8. The van der Waals surface area contributed by atoms with Gasteiger partial charge >= 0.3 is 6.09 Å². The first-order valence-electron chi connectivity index (χ1n) is 13.9. The number of aromatic nitrogens is 2. The highest BCUT2D eigenvalue weighted by Gasteiger charge is 2.46. The van der Waals surface area contributed by atoms with Gasteiger partial charge in [-0.25, -0.2) is 4.79 Å². The van der Waals surface area contributed by atoms with Crippen LogP contribution in [0.25, 0.3) is 0 Å². The number of aryl methyl sites for hydroxylation is 1. The summed E-state index contributed by atoms with van der Waals surface area (Å²) in [5, 5.41) is 18.3. The van der Waals surface area contributed by atoms with E-state index in [0.717, 1.165) is 24.1 Å². The summed E-state index contributed by atoms with van der Waals surface area (Å²) in [7, 11) is -3.85. The number of carbonyl (C=O) groups is 1. The molecule has 1 unspecified atom stereocenters. The fourth-order valence-electron chi connectivity index (χ4n) is 4.37. The normalized spacial score (nSPS) is 20.0. The number of hydrogen-bond donors (Lipinski definition) is 2. The highest BCUT2D eigenvalue weighted by molar-refractivity contribution is 6.74. The van der Waals surface area contributed by atoms with Gasteiger partial charge in [0, 0.05) is 36.4 Å². The maximum atomic E-state index is 13.1. The van der Waals surface area contributed by atoms with Gasteiger partial charge in [-0.05, 0) is 55.5 Å². The van der Waals surface area contributed by atoms with Crippen LogP contribution in [0.2, 0.25) is 36.3 Å². The average molecular weight is 568 g/mol. The number of H-pyrrole nitrogens is 1. The SMILES string of the molecule is C=CCOC(=O)N1C[C@H](O[Si](C)(C)C(C)(C)C)C[C@H]1C(CO)c1cn[nH]c1CCCO[Si](C)(C)C(C)(C)C. The maximum absolute atomic E-state index is 13.1. The van der Waals surface area contributed by atoms with Gasteiger partial charge in [-0.3, -0.25) is 5.10 Å². The zero-order chi connectivity index (χ0) is 28.9. The van der Waals surface area contributed by atoms with Crippen LogP contribution in [-0.2, 0) is 20.0 Å². The number of ether oxygens (including phenoxy) is 1. The van der Waals surface area contributed by atoms with Crippen molar-refractivity contribution in [1.29, 1.82) is 0 Å². The number of aliphatic hydroxyl groups is 1. The van der Waals surface area contributed by atoms with Crippen molar-refractivity contribution in [3.05, 3.63) is 30.1 Å². The van der Waals surface area contributed by atoms with Crippen molar-refractivity contribution in [2.75, 3.05) is 26.4 Å². The first kappa shape index (κ1) is 32.7. The van der Waals surface area contributed by atoms with E-state index in [9.17, 15) is 9.90 Å². The van der Waals surface area contributed by atoms with Crippen molar-refractivity contribution in [2.24, 2.45) is 0 Å².